The molecule has 0 fully saturated rings. The van der Waals surface area contributed by atoms with E-state index in [-0.39, 0.29) is 11.6 Å². The van der Waals surface area contributed by atoms with Crippen molar-refractivity contribution in [3.8, 4) is 0 Å². The lowest BCUT2D eigenvalue weighted by atomic mass is 10.1. The van der Waals surface area contributed by atoms with Crippen LogP contribution in [-0.4, -0.2) is 12.4 Å². The molecule has 0 saturated carbocycles. The highest BCUT2D eigenvalue weighted by Gasteiger charge is 1.99. The van der Waals surface area contributed by atoms with Crippen molar-refractivity contribution in [2.45, 2.75) is 13.3 Å². The molecule has 20 heavy (non-hydrogen) atoms. The van der Waals surface area contributed by atoms with E-state index in [0.717, 1.165) is 17.5 Å². The van der Waals surface area contributed by atoms with Crippen LogP contribution >= 0.6 is 0 Å². The largest absolute Gasteiger partial charge is 0.207 e. The third-order valence-corrected chi connectivity index (χ3v) is 2.81. The van der Waals surface area contributed by atoms with Crippen LogP contribution in [0.25, 0.3) is 0 Å². The molecule has 0 atom stereocenters. The first-order valence-corrected chi connectivity index (χ1v) is 6.29. The van der Waals surface area contributed by atoms with E-state index in [1.807, 2.05) is 13.0 Å². The Bertz CT molecular complexity index is 631. The van der Waals surface area contributed by atoms with Crippen molar-refractivity contribution < 1.29 is 8.78 Å². The van der Waals surface area contributed by atoms with E-state index < -0.39 is 0 Å². The predicted molar refractivity (Wildman–Crippen MR) is 77.4 cm³/mol. The average Bonchev–Trinajstić information content (AvgIpc) is 2.46. The molecule has 0 N–H and O–H groups in total. The van der Waals surface area contributed by atoms with Gasteiger partial charge in [-0.25, -0.2) is 8.78 Å². The van der Waals surface area contributed by atoms with Crippen LogP contribution in [0.4, 0.5) is 8.78 Å². The lowest BCUT2D eigenvalue weighted by molar-refractivity contribution is 0.623. The molecule has 0 heterocycles. The Hall–Kier alpha value is -2.36. The summed E-state index contributed by atoms with van der Waals surface area (Å²) in [6.07, 6.45) is 3.63. The van der Waals surface area contributed by atoms with Crippen LogP contribution in [-0.2, 0) is 6.42 Å². The summed E-state index contributed by atoms with van der Waals surface area (Å²) in [6.45, 7) is 1.97. The number of benzene rings is 2. The lowest BCUT2D eigenvalue weighted by Gasteiger charge is -1.99. The van der Waals surface area contributed by atoms with E-state index in [0.29, 0.717) is 5.56 Å². The van der Waals surface area contributed by atoms with Crippen LogP contribution in [0.2, 0.25) is 0 Å². The van der Waals surface area contributed by atoms with Gasteiger partial charge in [0.25, 0.3) is 0 Å². The molecule has 0 unspecified atom stereocenters. The molecular formula is C16H14F2N2. The summed E-state index contributed by atoms with van der Waals surface area (Å²) < 4.78 is 26.3. The van der Waals surface area contributed by atoms with Gasteiger partial charge in [-0.2, -0.15) is 10.2 Å². The van der Waals surface area contributed by atoms with E-state index in [2.05, 4.69) is 10.2 Å². The summed E-state index contributed by atoms with van der Waals surface area (Å²) in [5, 5.41) is 7.59. The Kier molecular flexibility index (Phi) is 4.71. The van der Waals surface area contributed by atoms with Gasteiger partial charge in [0, 0.05) is 5.56 Å². The standard InChI is InChI=1S/C16H14F2N2/c1-2-12-3-6-14(16(18)9-12)11-20-19-10-13-4-7-15(17)8-5-13/h3-11H,2H2,1H3/b19-10+,20-11+. The van der Waals surface area contributed by atoms with Gasteiger partial charge in [-0.15, -0.1) is 0 Å². The van der Waals surface area contributed by atoms with Gasteiger partial charge in [-0.05, 0) is 35.7 Å². The van der Waals surface area contributed by atoms with Gasteiger partial charge in [-0.1, -0.05) is 31.2 Å². The van der Waals surface area contributed by atoms with Crippen molar-refractivity contribution >= 4 is 12.4 Å². The van der Waals surface area contributed by atoms with Crippen LogP contribution < -0.4 is 0 Å². The van der Waals surface area contributed by atoms with Gasteiger partial charge in [-0.3, -0.25) is 0 Å². The Balaban J connectivity index is 2.04. The summed E-state index contributed by atoms with van der Waals surface area (Å²) in [5.74, 6) is -0.617. The quantitative estimate of drug-likeness (QED) is 0.594. The summed E-state index contributed by atoms with van der Waals surface area (Å²) in [7, 11) is 0. The summed E-state index contributed by atoms with van der Waals surface area (Å²) in [6, 6.07) is 10.9. The third-order valence-electron chi connectivity index (χ3n) is 2.81. The molecule has 2 aromatic carbocycles. The minimum atomic E-state index is -0.315. The second-order valence-electron chi connectivity index (χ2n) is 4.25. The third kappa shape index (κ3) is 3.82. The van der Waals surface area contributed by atoms with E-state index in [1.54, 1.807) is 18.2 Å². The first-order chi connectivity index (χ1) is 9.69. The second-order valence-corrected chi connectivity index (χ2v) is 4.25. The van der Waals surface area contributed by atoms with Crippen LogP contribution in [0.3, 0.4) is 0 Å². The maximum Gasteiger partial charge on any atom is 0.132 e. The summed E-state index contributed by atoms with van der Waals surface area (Å²) in [5.41, 5.74) is 2.05. The summed E-state index contributed by atoms with van der Waals surface area (Å²) in [4.78, 5) is 0. The van der Waals surface area contributed by atoms with Gasteiger partial charge in [0.2, 0.25) is 0 Å². The van der Waals surface area contributed by atoms with Gasteiger partial charge in [0.15, 0.2) is 0 Å². The molecule has 0 saturated heterocycles. The molecule has 0 amide bonds. The number of aryl methyl sites for hydroxylation is 1. The molecular weight excluding hydrogens is 258 g/mol. The molecule has 0 aliphatic heterocycles. The highest BCUT2D eigenvalue weighted by molar-refractivity contribution is 5.82. The topological polar surface area (TPSA) is 24.7 Å². The zero-order valence-corrected chi connectivity index (χ0v) is 11.1. The highest BCUT2D eigenvalue weighted by Crippen LogP contribution is 2.09. The van der Waals surface area contributed by atoms with Gasteiger partial charge in [0.05, 0.1) is 12.4 Å². The van der Waals surface area contributed by atoms with Gasteiger partial charge < -0.3 is 0 Å². The molecule has 2 nitrogen and oxygen atoms in total. The van der Waals surface area contributed by atoms with Crippen LogP contribution in [0.1, 0.15) is 23.6 Å². The maximum absolute atomic E-state index is 13.6. The number of hydrogen-bond acceptors (Lipinski definition) is 2. The van der Waals surface area contributed by atoms with Gasteiger partial charge in [0.1, 0.15) is 11.6 Å². The number of hydrogen-bond donors (Lipinski definition) is 0. The Morgan fingerprint density at radius 1 is 0.950 bits per heavy atom. The van der Waals surface area contributed by atoms with E-state index in [1.165, 1.54) is 30.6 Å². The van der Waals surface area contributed by atoms with E-state index in [9.17, 15) is 8.78 Å². The minimum absolute atomic E-state index is 0.302. The monoisotopic (exact) mass is 272 g/mol. The molecule has 0 radical (unpaired) electrons. The first-order valence-electron chi connectivity index (χ1n) is 6.29. The number of rotatable bonds is 4. The fourth-order valence-corrected chi connectivity index (χ4v) is 1.64. The van der Waals surface area contributed by atoms with Gasteiger partial charge >= 0.3 is 0 Å². The smallest absolute Gasteiger partial charge is 0.132 e. The minimum Gasteiger partial charge on any atom is -0.207 e. The predicted octanol–water partition coefficient (Wildman–Crippen LogP) is 3.98. The zero-order chi connectivity index (χ0) is 14.4. The highest BCUT2D eigenvalue weighted by atomic mass is 19.1. The number of halogens is 2. The Morgan fingerprint density at radius 3 is 2.30 bits per heavy atom. The van der Waals surface area contributed by atoms with Crippen LogP contribution in [0.5, 0.6) is 0 Å². The van der Waals surface area contributed by atoms with Crippen LogP contribution in [0.15, 0.2) is 52.7 Å². The molecule has 0 aliphatic carbocycles. The molecule has 0 spiro atoms. The summed E-state index contributed by atoms with van der Waals surface area (Å²) >= 11 is 0. The molecule has 2 aromatic rings. The molecule has 0 bridgehead atoms. The van der Waals surface area contributed by atoms with Crippen molar-refractivity contribution in [3.05, 3.63) is 70.8 Å². The normalized spacial score (nSPS) is 11.6. The van der Waals surface area contributed by atoms with Crippen molar-refractivity contribution in [2.24, 2.45) is 10.2 Å². The molecule has 102 valence electrons. The Morgan fingerprint density at radius 2 is 1.65 bits per heavy atom. The molecule has 0 aliphatic rings. The van der Waals surface area contributed by atoms with Crippen LogP contribution in [0, 0.1) is 11.6 Å². The van der Waals surface area contributed by atoms with E-state index in [4.69, 9.17) is 0 Å². The lowest BCUT2D eigenvalue weighted by Crippen LogP contribution is -1.90. The zero-order valence-electron chi connectivity index (χ0n) is 11.1. The molecule has 4 heteroatoms. The Labute approximate surface area is 116 Å². The second kappa shape index (κ2) is 6.70. The fraction of sp³-hybridized carbons (Fsp3) is 0.125. The van der Waals surface area contributed by atoms with E-state index >= 15 is 0 Å². The van der Waals surface area contributed by atoms with Crippen molar-refractivity contribution in [3.63, 3.8) is 0 Å². The fourth-order valence-electron chi connectivity index (χ4n) is 1.64. The van der Waals surface area contributed by atoms with Crippen molar-refractivity contribution in [2.75, 3.05) is 0 Å². The number of nitrogens with zero attached hydrogens (tertiary/aromatic N) is 2. The first kappa shape index (κ1) is 14.1. The average molecular weight is 272 g/mol. The maximum atomic E-state index is 13.6. The molecule has 2 rings (SSSR count). The SMILES string of the molecule is CCc1ccc(/C=N/N=C/c2ccc(F)cc2)c(F)c1. The van der Waals surface area contributed by atoms with Crippen molar-refractivity contribution in [1.29, 1.82) is 0 Å². The molecule has 0 aromatic heterocycles. The van der Waals surface area contributed by atoms with Crippen molar-refractivity contribution in [1.82, 2.24) is 0 Å².